The molecule has 0 bridgehead atoms. The van der Waals surface area contributed by atoms with Crippen molar-refractivity contribution in [2.24, 2.45) is 0 Å². The summed E-state index contributed by atoms with van der Waals surface area (Å²) in [6.07, 6.45) is 1.68. The SMILES string of the molecule is CCOc1cc(/C=C2\NC(=S)N(CC)C2=O)c(Br)cc1O. The standard InChI is InChI=1S/C14H15BrN2O3S/c1-3-17-13(19)10(16-14(17)21)5-8-6-12(20-4-2)11(18)7-9(8)15/h5-7,18H,3-4H2,1-2H3,(H,16,21)/b10-5-. The Labute approximate surface area is 136 Å². The summed E-state index contributed by atoms with van der Waals surface area (Å²) in [5.74, 6) is 0.246. The zero-order chi connectivity index (χ0) is 15.6. The molecule has 1 amide bonds. The van der Waals surface area contributed by atoms with Crippen molar-refractivity contribution in [3.05, 3.63) is 27.9 Å². The van der Waals surface area contributed by atoms with E-state index in [0.717, 1.165) is 0 Å². The van der Waals surface area contributed by atoms with Gasteiger partial charge in [0.25, 0.3) is 5.91 Å². The van der Waals surface area contributed by atoms with Crippen molar-refractivity contribution in [2.45, 2.75) is 13.8 Å². The van der Waals surface area contributed by atoms with Crippen LogP contribution in [0.25, 0.3) is 6.08 Å². The van der Waals surface area contributed by atoms with E-state index < -0.39 is 0 Å². The van der Waals surface area contributed by atoms with Crippen LogP contribution in [-0.2, 0) is 4.79 Å². The van der Waals surface area contributed by atoms with Crippen LogP contribution >= 0.6 is 28.1 Å². The molecule has 0 radical (unpaired) electrons. The summed E-state index contributed by atoms with van der Waals surface area (Å²) in [6, 6.07) is 3.20. The third kappa shape index (κ3) is 3.19. The normalized spacial score (nSPS) is 16.5. The molecular formula is C14H15BrN2O3S. The molecule has 1 aromatic rings. The van der Waals surface area contributed by atoms with Gasteiger partial charge in [-0.05, 0) is 49.8 Å². The Hall–Kier alpha value is -1.60. The highest BCUT2D eigenvalue weighted by atomic mass is 79.9. The first-order valence-electron chi connectivity index (χ1n) is 6.47. The van der Waals surface area contributed by atoms with Crippen molar-refractivity contribution in [2.75, 3.05) is 13.2 Å². The van der Waals surface area contributed by atoms with Crippen molar-refractivity contribution in [3.8, 4) is 11.5 Å². The van der Waals surface area contributed by atoms with Crippen molar-refractivity contribution in [3.63, 3.8) is 0 Å². The number of ether oxygens (including phenoxy) is 1. The molecule has 0 aliphatic carbocycles. The summed E-state index contributed by atoms with van der Waals surface area (Å²) in [4.78, 5) is 13.6. The number of nitrogens with one attached hydrogen (secondary N) is 1. The summed E-state index contributed by atoms with van der Waals surface area (Å²) in [5, 5.41) is 13.1. The number of hydrogen-bond acceptors (Lipinski definition) is 4. The van der Waals surface area contributed by atoms with Crippen LogP contribution in [0.1, 0.15) is 19.4 Å². The second-order valence-electron chi connectivity index (χ2n) is 4.31. The van der Waals surface area contributed by atoms with Crippen LogP contribution in [0.4, 0.5) is 0 Å². The monoisotopic (exact) mass is 370 g/mol. The number of phenolic OH excluding ortho intramolecular Hbond substituents is 1. The summed E-state index contributed by atoms with van der Waals surface area (Å²) in [5.41, 5.74) is 1.11. The molecule has 0 unspecified atom stereocenters. The molecule has 0 atom stereocenters. The van der Waals surface area contributed by atoms with Gasteiger partial charge < -0.3 is 15.2 Å². The number of aromatic hydroxyl groups is 1. The Balaban J connectivity index is 2.39. The first kappa shape index (κ1) is 15.8. The number of benzene rings is 1. The topological polar surface area (TPSA) is 61.8 Å². The molecule has 21 heavy (non-hydrogen) atoms. The maximum atomic E-state index is 12.2. The number of rotatable bonds is 4. The van der Waals surface area contributed by atoms with Crippen LogP contribution in [0.5, 0.6) is 11.5 Å². The minimum Gasteiger partial charge on any atom is -0.504 e. The maximum absolute atomic E-state index is 12.2. The van der Waals surface area contributed by atoms with Crippen LogP contribution in [0, 0.1) is 0 Å². The molecule has 1 heterocycles. The molecule has 1 aliphatic rings. The molecule has 0 spiro atoms. The number of thiocarbonyl (C=S) groups is 1. The lowest BCUT2D eigenvalue weighted by molar-refractivity contribution is -0.122. The predicted molar refractivity (Wildman–Crippen MR) is 88.1 cm³/mol. The number of phenols is 1. The third-order valence-electron chi connectivity index (χ3n) is 2.96. The smallest absolute Gasteiger partial charge is 0.276 e. The minimum atomic E-state index is -0.166. The molecule has 0 saturated carbocycles. The molecule has 1 aliphatic heterocycles. The average Bonchev–Trinajstić information content (AvgIpc) is 2.69. The van der Waals surface area contributed by atoms with E-state index in [2.05, 4.69) is 21.2 Å². The summed E-state index contributed by atoms with van der Waals surface area (Å²) < 4.78 is 6.00. The van der Waals surface area contributed by atoms with Gasteiger partial charge in [0.15, 0.2) is 16.6 Å². The van der Waals surface area contributed by atoms with Gasteiger partial charge >= 0.3 is 0 Å². The van der Waals surface area contributed by atoms with Crippen molar-refractivity contribution in [1.82, 2.24) is 10.2 Å². The van der Waals surface area contributed by atoms with E-state index in [-0.39, 0.29) is 11.7 Å². The highest BCUT2D eigenvalue weighted by molar-refractivity contribution is 9.10. The highest BCUT2D eigenvalue weighted by Gasteiger charge is 2.29. The molecule has 1 saturated heterocycles. The first-order chi connectivity index (χ1) is 9.97. The molecule has 7 heteroatoms. The van der Waals surface area contributed by atoms with Crippen LogP contribution in [0.2, 0.25) is 0 Å². The van der Waals surface area contributed by atoms with Crippen LogP contribution in [0.15, 0.2) is 22.3 Å². The van der Waals surface area contributed by atoms with Gasteiger partial charge in [-0.25, -0.2) is 0 Å². The van der Waals surface area contributed by atoms with E-state index in [1.165, 1.54) is 11.0 Å². The second-order valence-corrected chi connectivity index (χ2v) is 5.55. The Morgan fingerprint density at radius 2 is 2.19 bits per heavy atom. The van der Waals surface area contributed by atoms with Gasteiger partial charge in [-0.2, -0.15) is 0 Å². The Morgan fingerprint density at radius 3 is 2.76 bits per heavy atom. The number of nitrogens with zero attached hydrogens (tertiary/aromatic N) is 1. The number of carbonyl (C=O) groups excluding carboxylic acids is 1. The van der Waals surface area contributed by atoms with Gasteiger partial charge in [-0.15, -0.1) is 0 Å². The van der Waals surface area contributed by atoms with E-state index in [1.807, 2.05) is 13.8 Å². The lowest BCUT2D eigenvalue weighted by Gasteiger charge is -2.09. The van der Waals surface area contributed by atoms with Crippen molar-refractivity contribution in [1.29, 1.82) is 0 Å². The van der Waals surface area contributed by atoms with Crippen LogP contribution in [0.3, 0.4) is 0 Å². The predicted octanol–water partition coefficient (Wildman–Crippen LogP) is 2.63. The van der Waals surface area contributed by atoms with E-state index in [9.17, 15) is 9.90 Å². The fourth-order valence-corrected chi connectivity index (χ4v) is 2.72. The summed E-state index contributed by atoms with van der Waals surface area (Å²) in [7, 11) is 0. The molecule has 1 fully saturated rings. The number of hydrogen-bond donors (Lipinski definition) is 2. The Morgan fingerprint density at radius 1 is 1.48 bits per heavy atom. The number of amides is 1. The summed E-state index contributed by atoms with van der Waals surface area (Å²) in [6.45, 7) is 4.65. The molecule has 0 aromatic heterocycles. The zero-order valence-electron chi connectivity index (χ0n) is 11.6. The van der Waals surface area contributed by atoms with Gasteiger partial charge in [-0.1, -0.05) is 15.9 Å². The largest absolute Gasteiger partial charge is 0.504 e. The van der Waals surface area contributed by atoms with Crippen LogP contribution in [-0.4, -0.2) is 34.2 Å². The quantitative estimate of drug-likeness (QED) is 0.630. The molecule has 5 nitrogen and oxygen atoms in total. The third-order valence-corrected chi connectivity index (χ3v) is 3.97. The lowest BCUT2D eigenvalue weighted by Crippen LogP contribution is -2.30. The molecular weight excluding hydrogens is 356 g/mol. The highest BCUT2D eigenvalue weighted by Crippen LogP contribution is 2.34. The van der Waals surface area contributed by atoms with E-state index >= 15 is 0 Å². The van der Waals surface area contributed by atoms with Gasteiger partial charge in [0.05, 0.1) is 6.61 Å². The first-order valence-corrected chi connectivity index (χ1v) is 7.67. The Bertz CT molecular complexity index is 631. The van der Waals surface area contributed by atoms with Gasteiger partial charge in [0, 0.05) is 11.0 Å². The fourth-order valence-electron chi connectivity index (χ4n) is 1.95. The zero-order valence-corrected chi connectivity index (χ0v) is 14.0. The minimum absolute atomic E-state index is 0.0438. The molecule has 2 rings (SSSR count). The maximum Gasteiger partial charge on any atom is 0.276 e. The van der Waals surface area contributed by atoms with E-state index in [4.69, 9.17) is 17.0 Å². The number of carbonyl (C=O) groups is 1. The van der Waals surface area contributed by atoms with Crippen LogP contribution < -0.4 is 10.1 Å². The average molecular weight is 371 g/mol. The number of likely N-dealkylation sites (N-methyl/N-ethyl adjacent to an activating group) is 1. The second kappa shape index (κ2) is 6.44. The Kier molecular flexibility index (Phi) is 4.84. The van der Waals surface area contributed by atoms with Crippen molar-refractivity contribution < 1.29 is 14.6 Å². The van der Waals surface area contributed by atoms with Gasteiger partial charge in [0.2, 0.25) is 0 Å². The van der Waals surface area contributed by atoms with E-state index in [1.54, 1.807) is 12.1 Å². The van der Waals surface area contributed by atoms with Gasteiger partial charge in [0.1, 0.15) is 5.70 Å². The molecule has 112 valence electrons. The molecule has 2 N–H and O–H groups in total. The molecule has 1 aromatic carbocycles. The summed E-state index contributed by atoms with van der Waals surface area (Å²) >= 11 is 8.47. The van der Waals surface area contributed by atoms with Gasteiger partial charge in [-0.3, -0.25) is 9.69 Å². The number of halogens is 1. The van der Waals surface area contributed by atoms with E-state index in [0.29, 0.717) is 39.7 Å². The van der Waals surface area contributed by atoms with Crippen molar-refractivity contribution >= 4 is 45.2 Å². The fraction of sp³-hybridized carbons (Fsp3) is 0.286. The lowest BCUT2D eigenvalue weighted by atomic mass is 10.1.